The van der Waals surface area contributed by atoms with E-state index in [1.807, 2.05) is 41.8 Å². The molecule has 0 N–H and O–H groups in total. The number of aromatic nitrogens is 2. The normalized spacial score (nSPS) is 10.9. The van der Waals surface area contributed by atoms with Crippen LogP contribution in [0.15, 0.2) is 41.8 Å². The first-order chi connectivity index (χ1) is 12.6. The average molecular weight is 388 g/mol. The Morgan fingerprint density at radius 2 is 1.96 bits per heavy atom. The Hall–Kier alpha value is -2.25. The number of rotatable bonds is 7. The molecule has 0 spiro atoms. The zero-order chi connectivity index (χ0) is 18.5. The van der Waals surface area contributed by atoms with Crippen molar-refractivity contribution in [3.8, 4) is 16.3 Å². The van der Waals surface area contributed by atoms with E-state index in [0.29, 0.717) is 24.0 Å². The van der Waals surface area contributed by atoms with Crippen molar-refractivity contribution < 1.29 is 9.53 Å². The van der Waals surface area contributed by atoms with Crippen LogP contribution in [0.25, 0.3) is 10.6 Å². The van der Waals surface area contributed by atoms with Gasteiger partial charge in [-0.3, -0.25) is 9.69 Å². The number of hydrogen-bond acceptors (Lipinski definition) is 6. The fourth-order valence-corrected chi connectivity index (χ4v) is 4.06. The van der Waals surface area contributed by atoms with E-state index in [9.17, 15) is 4.79 Å². The van der Waals surface area contributed by atoms with Gasteiger partial charge in [-0.15, -0.1) is 21.5 Å². The van der Waals surface area contributed by atoms with Crippen molar-refractivity contribution in [2.24, 2.45) is 5.92 Å². The zero-order valence-corrected chi connectivity index (χ0v) is 16.6. The van der Waals surface area contributed by atoms with E-state index in [1.54, 1.807) is 23.3 Å². The quantitative estimate of drug-likeness (QED) is 0.599. The van der Waals surface area contributed by atoms with E-state index < -0.39 is 0 Å². The summed E-state index contributed by atoms with van der Waals surface area (Å²) < 4.78 is 5.19. The summed E-state index contributed by atoms with van der Waals surface area (Å²) in [6.45, 7) is 4.81. The highest BCUT2D eigenvalue weighted by molar-refractivity contribution is 7.18. The molecule has 26 heavy (non-hydrogen) atoms. The first-order valence-corrected chi connectivity index (χ1v) is 10.1. The Labute approximate surface area is 161 Å². The van der Waals surface area contributed by atoms with Gasteiger partial charge in [0.2, 0.25) is 11.0 Å². The SMILES string of the molecule is COc1ccc(-c2nnc(N(CC(C)C)C(=O)Cc3cccs3)s2)cc1. The van der Waals surface area contributed by atoms with Crippen LogP contribution < -0.4 is 9.64 Å². The Balaban J connectivity index is 1.82. The van der Waals surface area contributed by atoms with Crippen LogP contribution in [0, 0.1) is 5.92 Å². The monoisotopic (exact) mass is 387 g/mol. The molecule has 0 saturated carbocycles. The van der Waals surface area contributed by atoms with Crippen molar-refractivity contribution in [2.75, 3.05) is 18.6 Å². The van der Waals surface area contributed by atoms with Crippen molar-refractivity contribution in [3.63, 3.8) is 0 Å². The molecule has 3 aromatic rings. The first-order valence-electron chi connectivity index (χ1n) is 8.37. The topological polar surface area (TPSA) is 55.3 Å². The minimum absolute atomic E-state index is 0.0542. The van der Waals surface area contributed by atoms with E-state index >= 15 is 0 Å². The number of anilines is 1. The molecule has 3 rings (SSSR count). The van der Waals surface area contributed by atoms with Gasteiger partial charge in [0.25, 0.3) is 0 Å². The molecule has 0 atom stereocenters. The summed E-state index contributed by atoms with van der Waals surface area (Å²) in [6.07, 6.45) is 0.391. The molecular weight excluding hydrogens is 366 g/mol. The van der Waals surface area contributed by atoms with Gasteiger partial charge in [0.05, 0.1) is 13.5 Å². The predicted octanol–water partition coefficient (Wildman–Crippen LogP) is 4.51. The van der Waals surface area contributed by atoms with Gasteiger partial charge in [-0.25, -0.2) is 0 Å². The van der Waals surface area contributed by atoms with Gasteiger partial charge in [0.1, 0.15) is 10.8 Å². The van der Waals surface area contributed by atoms with Gasteiger partial charge in [0.15, 0.2) is 0 Å². The number of nitrogens with zero attached hydrogens (tertiary/aromatic N) is 3. The fourth-order valence-electron chi connectivity index (χ4n) is 2.48. The maximum Gasteiger partial charge on any atom is 0.234 e. The molecule has 0 bridgehead atoms. The third kappa shape index (κ3) is 4.47. The van der Waals surface area contributed by atoms with Gasteiger partial charge in [0, 0.05) is 17.0 Å². The lowest BCUT2D eigenvalue weighted by molar-refractivity contribution is -0.118. The summed E-state index contributed by atoms with van der Waals surface area (Å²) in [5.74, 6) is 1.19. The molecule has 7 heteroatoms. The predicted molar refractivity (Wildman–Crippen MR) is 107 cm³/mol. The van der Waals surface area contributed by atoms with Gasteiger partial charge in [-0.1, -0.05) is 31.3 Å². The minimum atomic E-state index is 0.0542. The first kappa shape index (κ1) is 18.5. The molecule has 5 nitrogen and oxygen atoms in total. The molecule has 0 saturated heterocycles. The van der Waals surface area contributed by atoms with Crippen molar-refractivity contribution in [1.82, 2.24) is 10.2 Å². The van der Waals surface area contributed by atoms with Crippen molar-refractivity contribution in [2.45, 2.75) is 20.3 Å². The molecule has 1 amide bonds. The molecule has 2 aromatic heterocycles. The fraction of sp³-hybridized carbons (Fsp3) is 0.316. The summed E-state index contributed by atoms with van der Waals surface area (Å²) in [5, 5.41) is 12.0. The highest BCUT2D eigenvalue weighted by Crippen LogP contribution is 2.30. The highest BCUT2D eigenvalue weighted by atomic mass is 32.1. The molecule has 0 unspecified atom stereocenters. The Bertz CT molecular complexity index is 842. The van der Waals surface area contributed by atoms with Crippen molar-refractivity contribution in [3.05, 3.63) is 46.7 Å². The maximum absolute atomic E-state index is 12.8. The largest absolute Gasteiger partial charge is 0.497 e. The standard InChI is InChI=1S/C19H21N3O2S2/c1-13(2)12-22(17(23)11-16-5-4-10-25-16)19-21-20-18(26-19)14-6-8-15(24-3)9-7-14/h4-10,13H,11-12H2,1-3H3. The summed E-state index contributed by atoms with van der Waals surface area (Å²) in [4.78, 5) is 15.6. The lowest BCUT2D eigenvalue weighted by atomic mass is 10.2. The zero-order valence-electron chi connectivity index (χ0n) is 15.0. The molecule has 0 radical (unpaired) electrons. The van der Waals surface area contributed by atoms with E-state index in [-0.39, 0.29) is 5.91 Å². The molecule has 0 fully saturated rings. The number of thiophene rings is 1. The molecular formula is C19H21N3O2S2. The number of carbonyl (C=O) groups excluding carboxylic acids is 1. The molecule has 0 aliphatic rings. The van der Waals surface area contributed by atoms with E-state index in [2.05, 4.69) is 24.0 Å². The summed E-state index contributed by atoms with van der Waals surface area (Å²) >= 11 is 3.03. The van der Waals surface area contributed by atoms with Crippen LogP contribution in [-0.4, -0.2) is 29.8 Å². The molecule has 1 aromatic carbocycles. The van der Waals surface area contributed by atoms with Crippen molar-refractivity contribution >= 4 is 33.7 Å². The lowest BCUT2D eigenvalue weighted by Crippen LogP contribution is -2.35. The van der Waals surface area contributed by atoms with Gasteiger partial charge in [-0.2, -0.15) is 0 Å². The lowest BCUT2D eigenvalue weighted by Gasteiger charge is -2.21. The van der Waals surface area contributed by atoms with Crippen LogP contribution in [0.2, 0.25) is 0 Å². The smallest absolute Gasteiger partial charge is 0.234 e. The molecule has 2 heterocycles. The second-order valence-electron chi connectivity index (χ2n) is 6.27. The Morgan fingerprint density at radius 3 is 2.58 bits per heavy atom. The summed E-state index contributed by atoms with van der Waals surface area (Å²) in [7, 11) is 1.64. The highest BCUT2D eigenvalue weighted by Gasteiger charge is 2.22. The van der Waals surface area contributed by atoms with Gasteiger partial charge >= 0.3 is 0 Å². The number of benzene rings is 1. The minimum Gasteiger partial charge on any atom is -0.497 e. The summed E-state index contributed by atoms with van der Waals surface area (Å²) in [6, 6.07) is 11.6. The number of methoxy groups -OCH3 is 1. The van der Waals surface area contributed by atoms with Crippen LogP contribution in [0.4, 0.5) is 5.13 Å². The van der Waals surface area contributed by atoms with Crippen molar-refractivity contribution in [1.29, 1.82) is 0 Å². The molecule has 0 aliphatic heterocycles. The Kier molecular flexibility index (Phi) is 6.00. The maximum atomic E-state index is 12.8. The molecule has 0 aliphatic carbocycles. The number of carbonyl (C=O) groups is 1. The van der Waals surface area contributed by atoms with Gasteiger partial charge in [-0.05, 0) is 41.6 Å². The summed E-state index contributed by atoms with van der Waals surface area (Å²) in [5.41, 5.74) is 0.963. The third-order valence-corrected chi connectivity index (χ3v) is 5.61. The van der Waals surface area contributed by atoms with Crippen LogP contribution in [-0.2, 0) is 11.2 Å². The van der Waals surface area contributed by atoms with Crippen LogP contribution >= 0.6 is 22.7 Å². The number of ether oxygens (including phenoxy) is 1. The van der Waals surface area contributed by atoms with Crippen LogP contribution in [0.1, 0.15) is 18.7 Å². The van der Waals surface area contributed by atoms with Crippen LogP contribution in [0.3, 0.4) is 0 Å². The number of amides is 1. The van der Waals surface area contributed by atoms with E-state index in [1.165, 1.54) is 11.3 Å². The average Bonchev–Trinajstić information content (AvgIpc) is 3.31. The van der Waals surface area contributed by atoms with Crippen LogP contribution in [0.5, 0.6) is 5.75 Å². The second kappa shape index (κ2) is 8.42. The van der Waals surface area contributed by atoms with Gasteiger partial charge < -0.3 is 4.74 Å². The Morgan fingerprint density at radius 1 is 1.19 bits per heavy atom. The van der Waals surface area contributed by atoms with E-state index in [4.69, 9.17) is 4.74 Å². The number of hydrogen-bond donors (Lipinski definition) is 0. The van der Waals surface area contributed by atoms with E-state index in [0.717, 1.165) is 21.2 Å². The second-order valence-corrected chi connectivity index (χ2v) is 8.26. The molecule has 136 valence electrons. The third-order valence-electron chi connectivity index (χ3n) is 3.74.